The molecule has 0 spiro atoms. The van der Waals surface area contributed by atoms with E-state index in [1.807, 2.05) is 6.92 Å². The van der Waals surface area contributed by atoms with Crippen LogP contribution in [0.3, 0.4) is 0 Å². The molecule has 2 aromatic heterocycles. The van der Waals surface area contributed by atoms with Crippen molar-refractivity contribution in [2.24, 2.45) is 0 Å². The highest BCUT2D eigenvalue weighted by Crippen LogP contribution is 2.19. The van der Waals surface area contributed by atoms with Gasteiger partial charge in [-0.25, -0.2) is 9.37 Å². The molecule has 0 fully saturated rings. The summed E-state index contributed by atoms with van der Waals surface area (Å²) in [6.07, 6.45) is 3.35. The fourth-order valence-corrected chi connectivity index (χ4v) is 1.92. The maximum Gasteiger partial charge on any atom is 0.274 e. The van der Waals surface area contributed by atoms with Crippen LogP contribution in [0.15, 0.2) is 18.3 Å². The van der Waals surface area contributed by atoms with Crippen molar-refractivity contribution in [2.75, 3.05) is 14.1 Å². The molecular formula is C13H16FN3O. The molecule has 0 unspecified atom stereocenters. The monoisotopic (exact) mass is 249 g/mol. The number of nitrogens with zero attached hydrogens (tertiary/aromatic N) is 3. The van der Waals surface area contributed by atoms with Crippen molar-refractivity contribution in [1.29, 1.82) is 0 Å². The average Bonchev–Trinajstić information content (AvgIpc) is 2.69. The van der Waals surface area contributed by atoms with Gasteiger partial charge in [-0.3, -0.25) is 4.79 Å². The topological polar surface area (TPSA) is 37.6 Å². The summed E-state index contributed by atoms with van der Waals surface area (Å²) in [5.41, 5.74) is 0.446. The van der Waals surface area contributed by atoms with Gasteiger partial charge in [0.15, 0.2) is 5.69 Å². The molecule has 1 amide bonds. The Balaban J connectivity index is 2.69. The Morgan fingerprint density at radius 1 is 1.50 bits per heavy atom. The van der Waals surface area contributed by atoms with Crippen LogP contribution >= 0.6 is 0 Å². The number of pyridine rings is 1. The first-order valence-electron chi connectivity index (χ1n) is 5.93. The molecule has 4 nitrogen and oxygen atoms in total. The fourth-order valence-electron chi connectivity index (χ4n) is 1.92. The van der Waals surface area contributed by atoms with Crippen molar-refractivity contribution in [3.05, 3.63) is 35.7 Å². The third kappa shape index (κ3) is 1.96. The predicted molar refractivity (Wildman–Crippen MR) is 67.2 cm³/mol. The van der Waals surface area contributed by atoms with Crippen molar-refractivity contribution in [2.45, 2.75) is 19.8 Å². The van der Waals surface area contributed by atoms with Crippen LogP contribution in [0.5, 0.6) is 0 Å². The van der Waals surface area contributed by atoms with Crippen LogP contribution in [0.1, 0.15) is 29.7 Å². The lowest BCUT2D eigenvalue weighted by atomic mass is 10.3. The van der Waals surface area contributed by atoms with E-state index in [9.17, 15) is 9.18 Å². The third-order valence-corrected chi connectivity index (χ3v) is 2.77. The van der Waals surface area contributed by atoms with Crippen LogP contribution in [0.2, 0.25) is 0 Å². The van der Waals surface area contributed by atoms with Crippen LogP contribution in [-0.2, 0) is 6.42 Å². The molecule has 0 aliphatic rings. The number of carbonyl (C=O) groups is 1. The molecule has 18 heavy (non-hydrogen) atoms. The quantitative estimate of drug-likeness (QED) is 0.835. The molecule has 0 aliphatic heterocycles. The van der Waals surface area contributed by atoms with Crippen LogP contribution in [-0.4, -0.2) is 34.3 Å². The minimum atomic E-state index is -0.419. The molecule has 0 aromatic carbocycles. The molecule has 5 heteroatoms. The molecular weight excluding hydrogens is 233 g/mol. The van der Waals surface area contributed by atoms with Crippen molar-refractivity contribution in [1.82, 2.24) is 14.3 Å². The zero-order valence-electron chi connectivity index (χ0n) is 10.8. The SMILES string of the molecule is CCCc1nc(C(=O)N(C)C)c2c(F)cccn12. The highest BCUT2D eigenvalue weighted by molar-refractivity contribution is 5.99. The van der Waals surface area contributed by atoms with E-state index in [0.717, 1.165) is 12.2 Å². The lowest BCUT2D eigenvalue weighted by Gasteiger charge is -2.07. The number of aryl methyl sites for hydroxylation is 1. The second-order valence-electron chi connectivity index (χ2n) is 4.40. The molecule has 2 heterocycles. The van der Waals surface area contributed by atoms with Crippen LogP contribution in [0, 0.1) is 5.82 Å². The number of hydrogen-bond acceptors (Lipinski definition) is 2. The number of fused-ring (bicyclic) bond motifs is 1. The maximum absolute atomic E-state index is 13.9. The van der Waals surface area contributed by atoms with Gasteiger partial charge >= 0.3 is 0 Å². The van der Waals surface area contributed by atoms with Gasteiger partial charge in [-0.1, -0.05) is 6.92 Å². The number of aromatic nitrogens is 2. The third-order valence-electron chi connectivity index (χ3n) is 2.77. The molecule has 0 aliphatic carbocycles. The second kappa shape index (κ2) is 4.76. The Labute approximate surface area is 105 Å². The summed E-state index contributed by atoms with van der Waals surface area (Å²) >= 11 is 0. The van der Waals surface area contributed by atoms with Gasteiger partial charge in [0.2, 0.25) is 0 Å². The molecule has 2 rings (SSSR count). The number of halogens is 1. The summed E-state index contributed by atoms with van der Waals surface area (Å²) < 4.78 is 15.6. The Hall–Kier alpha value is -1.91. The van der Waals surface area contributed by atoms with Gasteiger partial charge in [-0.2, -0.15) is 0 Å². The van der Waals surface area contributed by atoms with E-state index >= 15 is 0 Å². The Morgan fingerprint density at radius 2 is 2.22 bits per heavy atom. The van der Waals surface area contributed by atoms with E-state index in [4.69, 9.17) is 0 Å². The van der Waals surface area contributed by atoms with Crippen LogP contribution in [0.4, 0.5) is 4.39 Å². The molecule has 0 N–H and O–H groups in total. The molecule has 0 bridgehead atoms. The molecule has 0 saturated heterocycles. The molecule has 0 radical (unpaired) electrons. The lowest BCUT2D eigenvalue weighted by Crippen LogP contribution is -2.22. The standard InChI is InChI=1S/C13H16FN3O/c1-4-6-10-15-11(13(18)16(2)3)12-9(14)7-5-8-17(10)12/h5,7-8H,4,6H2,1-3H3. The summed E-state index contributed by atoms with van der Waals surface area (Å²) in [6.45, 7) is 2.02. The van der Waals surface area contributed by atoms with E-state index in [1.165, 1.54) is 11.0 Å². The highest BCUT2D eigenvalue weighted by atomic mass is 19.1. The van der Waals surface area contributed by atoms with E-state index in [2.05, 4.69) is 4.98 Å². The van der Waals surface area contributed by atoms with E-state index in [0.29, 0.717) is 6.42 Å². The van der Waals surface area contributed by atoms with Gasteiger partial charge in [0.25, 0.3) is 5.91 Å². The van der Waals surface area contributed by atoms with E-state index in [-0.39, 0.29) is 17.1 Å². The number of imidazole rings is 1. The fraction of sp³-hybridized carbons (Fsp3) is 0.385. The second-order valence-corrected chi connectivity index (χ2v) is 4.40. The summed E-state index contributed by atoms with van der Waals surface area (Å²) in [4.78, 5) is 17.7. The van der Waals surface area contributed by atoms with Crippen molar-refractivity contribution < 1.29 is 9.18 Å². The number of amides is 1. The summed E-state index contributed by atoms with van der Waals surface area (Å²) in [5.74, 6) is 0.0229. The zero-order chi connectivity index (χ0) is 13.3. The molecule has 96 valence electrons. The van der Waals surface area contributed by atoms with Gasteiger partial charge in [0.1, 0.15) is 17.2 Å². The van der Waals surface area contributed by atoms with Gasteiger partial charge < -0.3 is 9.30 Å². The summed E-state index contributed by atoms with van der Waals surface area (Å²) in [5, 5.41) is 0. The van der Waals surface area contributed by atoms with Crippen molar-refractivity contribution in [3.8, 4) is 0 Å². The van der Waals surface area contributed by atoms with Crippen LogP contribution in [0.25, 0.3) is 5.52 Å². The Bertz CT molecular complexity index is 589. The van der Waals surface area contributed by atoms with Crippen molar-refractivity contribution in [3.63, 3.8) is 0 Å². The first-order valence-corrected chi connectivity index (χ1v) is 5.93. The lowest BCUT2D eigenvalue weighted by molar-refractivity contribution is 0.0824. The van der Waals surface area contributed by atoms with E-state index < -0.39 is 5.82 Å². The maximum atomic E-state index is 13.9. The predicted octanol–water partition coefficient (Wildman–Crippen LogP) is 2.13. The minimum Gasteiger partial charge on any atom is -0.343 e. The highest BCUT2D eigenvalue weighted by Gasteiger charge is 2.21. The summed E-state index contributed by atoms with van der Waals surface area (Å²) in [7, 11) is 3.27. The number of carbonyl (C=O) groups excluding carboxylic acids is 1. The van der Waals surface area contributed by atoms with Gasteiger partial charge in [0.05, 0.1) is 0 Å². The van der Waals surface area contributed by atoms with Crippen molar-refractivity contribution >= 4 is 11.4 Å². The molecule has 0 atom stereocenters. The van der Waals surface area contributed by atoms with Gasteiger partial charge in [0, 0.05) is 26.7 Å². The average molecular weight is 249 g/mol. The Kier molecular flexibility index (Phi) is 3.32. The first kappa shape index (κ1) is 12.5. The number of hydrogen-bond donors (Lipinski definition) is 0. The first-order chi connectivity index (χ1) is 8.56. The zero-order valence-corrected chi connectivity index (χ0v) is 10.8. The van der Waals surface area contributed by atoms with Crippen LogP contribution < -0.4 is 0 Å². The number of rotatable bonds is 3. The Morgan fingerprint density at radius 3 is 2.83 bits per heavy atom. The largest absolute Gasteiger partial charge is 0.343 e. The molecule has 2 aromatic rings. The smallest absolute Gasteiger partial charge is 0.274 e. The molecule has 0 saturated carbocycles. The van der Waals surface area contributed by atoms with Gasteiger partial charge in [-0.05, 0) is 18.6 Å². The minimum absolute atomic E-state index is 0.182. The van der Waals surface area contributed by atoms with E-state index in [1.54, 1.807) is 30.8 Å². The normalized spacial score (nSPS) is 10.9. The van der Waals surface area contributed by atoms with Gasteiger partial charge in [-0.15, -0.1) is 0 Å². The summed E-state index contributed by atoms with van der Waals surface area (Å²) in [6, 6.07) is 2.96.